The quantitative estimate of drug-likeness (QED) is 0.522. The number of carbonyl (C=O) groups excluding carboxylic acids is 4. The first-order valence-corrected chi connectivity index (χ1v) is 3.94. The molecule has 0 saturated heterocycles. The number of rotatable bonds is 4. The van der Waals surface area contributed by atoms with E-state index in [0.29, 0.717) is 0 Å². The van der Waals surface area contributed by atoms with Gasteiger partial charge in [-0.2, -0.15) is 0 Å². The molecule has 0 N–H and O–H groups in total. The molecule has 0 fully saturated rings. The summed E-state index contributed by atoms with van der Waals surface area (Å²) in [5.74, 6) is -0.875. The first-order valence-electron chi connectivity index (χ1n) is 3.94. The number of hydrogen-bond acceptors (Lipinski definition) is 4. The van der Waals surface area contributed by atoms with Crippen molar-refractivity contribution in [2.45, 2.75) is 26.7 Å². The molecule has 15 heavy (non-hydrogen) atoms. The third-order valence-electron chi connectivity index (χ3n) is 0.892. The van der Waals surface area contributed by atoms with Gasteiger partial charge in [-0.1, -0.05) is 0 Å². The molecule has 0 radical (unpaired) electrons. The number of ketones is 4. The average molecular weight is 393 g/mol. The number of hydrogen-bond donors (Lipinski definition) is 0. The summed E-state index contributed by atoms with van der Waals surface area (Å²) in [4.78, 5) is 39.8. The van der Waals surface area contributed by atoms with Crippen molar-refractivity contribution in [3.63, 3.8) is 0 Å². The van der Waals surface area contributed by atoms with Crippen LogP contribution in [0.4, 0.5) is 0 Å². The Morgan fingerprint density at radius 1 is 0.800 bits per heavy atom. The number of Topliss-reactive ketones (excluding diaryl/α,β-unsaturated/α-hetero) is 4. The van der Waals surface area contributed by atoms with Crippen LogP contribution in [0.3, 0.4) is 0 Å². The van der Waals surface area contributed by atoms with E-state index in [1.807, 2.05) is 0 Å². The molecular weight excluding hydrogens is 379 g/mol. The Labute approximate surface area is 104 Å². The van der Waals surface area contributed by atoms with Gasteiger partial charge >= 0.3 is 21.1 Å². The summed E-state index contributed by atoms with van der Waals surface area (Å²) >= 11 is 0. The van der Waals surface area contributed by atoms with Gasteiger partial charge in [0.1, 0.15) is 11.6 Å². The van der Waals surface area contributed by atoms with Crippen LogP contribution >= 0.6 is 0 Å². The van der Waals surface area contributed by atoms with E-state index in [1.165, 1.54) is 13.8 Å². The molecule has 0 rings (SSSR count). The van der Waals surface area contributed by atoms with Crippen molar-refractivity contribution in [2.75, 3.05) is 0 Å². The van der Waals surface area contributed by atoms with Gasteiger partial charge in [0.05, 0.1) is 0 Å². The van der Waals surface area contributed by atoms with Gasteiger partial charge in [-0.25, -0.2) is 0 Å². The van der Waals surface area contributed by atoms with Crippen molar-refractivity contribution in [3.05, 3.63) is 13.8 Å². The van der Waals surface area contributed by atoms with Crippen molar-refractivity contribution in [2.24, 2.45) is 0 Å². The monoisotopic (exact) mass is 393 g/mol. The topological polar surface area (TPSA) is 68.3 Å². The molecule has 88 valence electrons. The standard InChI is InChI=1S/2C5H7O2.Pt/c2*1-4(6)3-5(2)7;/h2*1,3H2,2H3;/q2*-1;+2. The normalized spacial score (nSPS) is 7.60. The fourth-order valence-corrected chi connectivity index (χ4v) is 0.555. The molecule has 0 aliphatic heterocycles. The fourth-order valence-electron chi connectivity index (χ4n) is 0.555. The van der Waals surface area contributed by atoms with Crippen LogP contribution in [0.15, 0.2) is 0 Å². The van der Waals surface area contributed by atoms with Gasteiger partial charge < -0.3 is 23.4 Å². The van der Waals surface area contributed by atoms with Crippen LogP contribution in [0, 0.1) is 13.8 Å². The molecule has 0 aromatic rings. The van der Waals surface area contributed by atoms with Gasteiger partial charge in [-0.3, -0.25) is 9.59 Å². The van der Waals surface area contributed by atoms with Gasteiger partial charge in [0.2, 0.25) is 0 Å². The van der Waals surface area contributed by atoms with E-state index in [4.69, 9.17) is 0 Å². The molecule has 0 heterocycles. The Morgan fingerprint density at radius 2 is 1.00 bits per heavy atom. The van der Waals surface area contributed by atoms with Gasteiger partial charge in [0.15, 0.2) is 0 Å². The molecule has 0 amide bonds. The molecule has 0 aromatic carbocycles. The maximum Gasteiger partial charge on any atom is 2.00 e. The predicted molar refractivity (Wildman–Crippen MR) is 51.3 cm³/mol. The van der Waals surface area contributed by atoms with Crippen molar-refractivity contribution in [1.82, 2.24) is 0 Å². The van der Waals surface area contributed by atoms with Crippen LogP contribution in [0.5, 0.6) is 0 Å². The molecule has 4 nitrogen and oxygen atoms in total. The molecule has 0 saturated carbocycles. The third kappa shape index (κ3) is 32.0. The second-order valence-electron chi connectivity index (χ2n) is 2.83. The first kappa shape index (κ1) is 19.6. The molecule has 0 atom stereocenters. The molecule has 0 bridgehead atoms. The zero-order valence-electron chi connectivity index (χ0n) is 8.78. The smallest absolute Gasteiger partial charge is 0.339 e. The van der Waals surface area contributed by atoms with Crippen LogP contribution in [0.2, 0.25) is 0 Å². The fraction of sp³-hybridized carbons (Fsp3) is 0.400. The second-order valence-corrected chi connectivity index (χ2v) is 2.83. The summed E-state index contributed by atoms with van der Waals surface area (Å²) in [6, 6.07) is 0. The van der Waals surface area contributed by atoms with E-state index in [1.54, 1.807) is 0 Å². The van der Waals surface area contributed by atoms with Crippen molar-refractivity contribution in [1.29, 1.82) is 0 Å². The van der Waals surface area contributed by atoms with Gasteiger partial charge in [0.25, 0.3) is 0 Å². The summed E-state index contributed by atoms with van der Waals surface area (Å²) in [6.07, 6.45) is -0.0556. The summed E-state index contributed by atoms with van der Waals surface area (Å²) in [7, 11) is 0. The Bertz CT molecular complexity index is 196. The zero-order chi connectivity index (χ0) is 11.7. The minimum absolute atomic E-state index is 0. The van der Waals surface area contributed by atoms with E-state index in [0.717, 1.165) is 0 Å². The van der Waals surface area contributed by atoms with E-state index in [2.05, 4.69) is 13.8 Å². The summed E-state index contributed by atoms with van der Waals surface area (Å²) in [6.45, 7) is 8.77. The third-order valence-corrected chi connectivity index (χ3v) is 0.892. The molecular formula is C10H14O4Pt. The van der Waals surface area contributed by atoms with E-state index < -0.39 is 0 Å². The molecule has 0 spiro atoms. The van der Waals surface area contributed by atoms with E-state index >= 15 is 0 Å². The summed E-state index contributed by atoms with van der Waals surface area (Å²) < 4.78 is 0. The number of carbonyl (C=O) groups is 4. The molecule has 5 heteroatoms. The Kier molecular flexibility index (Phi) is 14.6. The van der Waals surface area contributed by atoms with Crippen LogP contribution in [-0.2, 0) is 40.2 Å². The van der Waals surface area contributed by atoms with Crippen LogP contribution in [0.1, 0.15) is 26.7 Å². The van der Waals surface area contributed by atoms with Gasteiger partial charge in [0, 0.05) is 24.4 Å². The second kappa shape index (κ2) is 11.2. The van der Waals surface area contributed by atoms with E-state index in [-0.39, 0.29) is 57.0 Å². The maximum absolute atomic E-state index is 9.99. The minimum Gasteiger partial charge on any atom is -0.339 e. The van der Waals surface area contributed by atoms with Crippen LogP contribution in [0.25, 0.3) is 0 Å². The van der Waals surface area contributed by atoms with E-state index in [9.17, 15) is 19.2 Å². The van der Waals surface area contributed by atoms with Gasteiger partial charge in [-0.05, 0) is 13.8 Å². The van der Waals surface area contributed by atoms with Crippen molar-refractivity contribution in [3.8, 4) is 0 Å². The minimum atomic E-state index is -0.312. The van der Waals surface area contributed by atoms with Gasteiger partial charge in [-0.15, -0.1) is 0 Å². The van der Waals surface area contributed by atoms with Crippen LogP contribution < -0.4 is 0 Å². The Morgan fingerprint density at radius 3 is 1.00 bits per heavy atom. The SMILES string of the molecule is [CH2-]C(=O)CC(C)=O.[CH2-]C(=O)CC(C)=O.[Pt+2]. The summed E-state index contributed by atoms with van der Waals surface area (Å²) in [5.41, 5.74) is 0. The molecule has 0 unspecified atom stereocenters. The molecule has 0 aliphatic carbocycles. The summed E-state index contributed by atoms with van der Waals surface area (Å²) in [5, 5.41) is 0. The van der Waals surface area contributed by atoms with Crippen molar-refractivity contribution >= 4 is 23.1 Å². The Balaban J connectivity index is -0.000000180. The average Bonchev–Trinajstić information content (AvgIpc) is 1.79. The maximum atomic E-state index is 9.99. The zero-order valence-corrected chi connectivity index (χ0v) is 11.0. The first-order chi connectivity index (χ1) is 6.25. The predicted octanol–water partition coefficient (Wildman–Crippen LogP) is 0.735. The van der Waals surface area contributed by atoms with Crippen LogP contribution in [-0.4, -0.2) is 23.1 Å². The molecule has 0 aliphatic rings. The largest absolute Gasteiger partial charge is 2.00 e. The molecule has 0 aromatic heterocycles. The Hall–Kier alpha value is -0.892. The van der Waals surface area contributed by atoms with Crippen molar-refractivity contribution < 1.29 is 40.2 Å².